The van der Waals surface area contributed by atoms with E-state index in [2.05, 4.69) is 37.9 Å². The van der Waals surface area contributed by atoms with Gasteiger partial charge in [0, 0.05) is 20.9 Å². The number of nitrogens with zero attached hydrogens (tertiary/aromatic N) is 3. The summed E-state index contributed by atoms with van der Waals surface area (Å²) in [7, 11) is 0. The molecule has 0 aliphatic carbocycles. The Morgan fingerprint density at radius 3 is 2.85 bits per heavy atom. The zero-order chi connectivity index (χ0) is 22.8. The van der Waals surface area contributed by atoms with E-state index in [0.29, 0.717) is 29.5 Å². The maximum absolute atomic E-state index is 10.7. The molecule has 3 heterocycles. The topological polar surface area (TPSA) is 73.2 Å². The average Bonchev–Trinajstić information content (AvgIpc) is 3.34. The first-order valence-corrected chi connectivity index (χ1v) is 12.5. The number of hydrogen-bond donors (Lipinski definition) is 2. The Morgan fingerprint density at radius 1 is 1.21 bits per heavy atom. The van der Waals surface area contributed by atoms with Crippen LogP contribution < -0.4 is 0 Å². The van der Waals surface area contributed by atoms with E-state index in [4.69, 9.17) is 9.83 Å². The summed E-state index contributed by atoms with van der Waals surface area (Å²) >= 11 is 3.54. The summed E-state index contributed by atoms with van der Waals surface area (Å²) in [4.78, 5) is 16.3. The van der Waals surface area contributed by atoms with Crippen LogP contribution in [0.2, 0.25) is 0 Å². The molecule has 5 rings (SSSR count). The summed E-state index contributed by atoms with van der Waals surface area (Å²) in [5.41, 5.74) is 4.55. The molecule has 0 radical (unpaired) electrons. The van der Waals surface area contributed by atoms with Crippen LogP contribution in [0, 0.1) is 5.92 Å². The average molecular weight is 509 g/mol. The predicted octanol–water partition coefficient (Wildman–Crippen LogP) is 6.00. The number of aliphatic imine (C=N–C) groups is 1. The summed E-state index contributed by atoms with van der Waals surface area (Å²) in [5, 5.41) is 16.2. The third-order valence-corrected chi connectivity index (χ3v) is 7.11. The van der Waals surface area contributed by atoms with E-state index < -0.39 is 0 Å². The fourth-order valence-corrected chi connectivity index (χ4v) is 5.23. The Labute approximate surface area is 202 Å². The number of nitrogens with one attached hydrogen (secondary N) is 1. The van der Waals surface area contributed by atoms with Gasteiger partial charge in [-0.25, -0.2) is 4.99 Å². The van der Waals surface area contributed by atoms with Gasteiger partial charge in [0.1, 0.15) is 18.0 Å². The summed E-state index contributed by atoms with van der Waals surface area (Å²) < 4.78 is 0.936. The summed E-state index contributed by atoms with van der Waals surface area (Å²) in [6.45, 7) is 6.41. The molecule has 1 saturated heterocycles. The van der Waals surface area contributed by atoms with Crippen molar-refractivity contribution in [1.82, 2.24) is 9.88 Å². The van der Waals surface area contributed by atoms with Gasteiger partial charge in [-0.3, -0.25) is 0 Å². The van der Waals surface area contributed by atoms with Gasteiger partial charge in [0.15, 0.2) is 5.88 Å². The number of halogens is 1. The number of aromatic nitrogens is 1. The van der Waals surface area contributed by atoms with Crippen LogP contribution in [0.15, 0.2) is 57.1 Å². The van der Waals surface area contributed by atoms with Gasteiger partial charge in [-0.15, -0.1) is 0 Å². The minimum absolute atomic E-state index is 0.0844. The normalized spacial score (nSPS) is 18.1. The fraction of sp³-hybridized carbons (Fsp3) is 0.385. The van der Waals surface area contributed by atoms with Crippen LogP contribution in [0.25, 0.3) is 10.9 Å². The van der Waals surface area contributed by atoms with Crippen LogP contribution in [0.4, 0.5) is 5.69 Å². The minimum Gasteiger partial charge on any atom is -0.494 e. The Hall–Kier alpha value is -2.64. The minimum atomic E-state index is 0.0844. The van der Waals surface area contributed by atoms with E-state index >= 15 is 0 Å². The van der Waals surface area contributed by atoms with Gasteiger partial charge < -0.3 is 19.8 Å². The Bertz CT molecular complexity index is 1210. The van der Waals surface area contributed by atoms with Crippen LogP contribution in [-0.4, -0.2) is 52.7 Å². The first kappa shape index (κ1) is 22.2. The second kappa shape index (κ2) is 9.69. The van der Waals surface area contributed by atoms with Gasteiger partial charge >= 0.3 is 0 Å². The number of para-hydroxylation sites is 1. The molecule has 0 saturated carbocycles. The molecule has 0 atom stereocenters. The lowest BCUT2D eigenvalue weighted by Crippen LogP contribution is -2.34. The zero-order valence-corrected chi connectivity index (χ0v) is 20.4. The van der Waals surface area contributed by atoms with Crippen molar-refractivity contribution < 1.29 is 9.94 Å². The molecule has 0 spiro atoms. The number of oxime groups is 1. The van der Waals surface area contributed by atoms with Crippen LogP contribution >= 0.6 is 15.9 Å². The van der Waals surface area contributed by atoms with Crippen molar-refractivity contribution in [3.63, 3.8) is 0 Å². The molecule has 2 aromatic carbocycles. The summed E-state index contributed by atoms with van der Waals surface area (Å²) in [6.07, 6.45) is 4.69. The van der Waals surface area contributed by atoms with Crippen molar-refractivity contribution in [2.24, 2.45) is 16.1 Å². The van der Waals surface area contributed by atoms with Crippen molar-refractivity contribution in [2.75, 3.05) is 26.2 Å². The first-order chi connectivity index (χ1) is 16.1. The van der Waals surface area contributed by atoms with E-state index in [9.17, 15) is 5.11 Å². The van der Waals surface area contributed by atoms with Gasteiger partial charge in [-0.1, -0.05) is 46.2 Å². The number of hydrogen-bond acceptors (Lipinski definition) is 5. The molecule has 2 aliphatic heterocycles. The van der Waals surface area contributed by atoms with E-state index in [0.717, 1.165) is 33.0 Å². The molecule has 0 unspecified atom stereocenters. The molecule has 0 amide bonds. The van der Waals surface area contributed by atoms with Gasteiger partial charge in [-0.05, 0) is 75.5 Å². The molecule has 3 aromatic rings. The largest absolute Gasteiger partial charge is 0.494 e. The van der Waals surface area contributed by atoms with Crippen LogP contribution in [0.1, 0.15) is 43.7 Å². The van der Waals surface area contributed by atoms with Crippen molar-refractivity contribution >= 4 is 43.9 Å². The molecule has 2 N–H and O–H groups in total. The molecule has 6 nitrogen and oxygen atoms in total. The molecular weight excluding hydrogens is 480 g/mol. The second-order valence-corrected chi connectivity index (χ2v) is 9.78. The van der Waals surface area contributed by atoms with Crippen molar-refractivity contribution in [3.05, 3.63) is 58.1 Å². The first-order valence-electron chi connectivity index (χ1n) is 11.8. The Kier molecular flexibility index (Phi) is 6.51. The second-order valence-electron chi connectivity index (χ2n) is 8.86. The lowest BCUT2D eigenvalue weighted by atomic mass is 9.94. The van der Waals surface area contributed by atoms with Crippen molar-refractivity contribution in [2.45, 2.75) is 32.6 Å². The number of H-pyrrole nitrogens is 1. The monoisotopic (exact) mass is 508 g/mol. The molecular formula is C26H29BrN4O2. The highest BCUT2D eigenvalue weighted by Crippen LogP contribution is 2.36. The summed E-state index contributed by atoms with van der Waals surface area (Å²) in [5.74, 6) is 0.776. The number of likely N-dealkylation sites (tertiary alicyclic amines) is 1. The maximum Gasteiger partial charge on any atom is 0.199 e. The smallest absolute Gasteiger partial charge is 0.199 e. The van der Waals surface area contributed by atoms with Crippen LogP contribution in [-0.2, 0) is 4.84 Å². The zero-order valence-electron chi connectivity index (χ0n) is 18.9. The van der Waals surface area contributed by atoms with E-state index in [-0.39, 0.29) is 5.88 Å². The highest BCUT2D eigenvalue weighted by molar-refractivity contribution is 9.10. The van der Waals surface area contributed by atoms with Gasteiger partial charge in [0.2, 0.25) is 0 Å². The standard InChI is InChI=1S/C26H29BrN4O2/c1-2-12-31-13-9-17(10-14-31)11-15-33-30-24-19-5-3-4-6-21(19)28-25(24)23-20-16-18(27)7-8-22(20)29-26(23)32/h3-8,16-17,29,32H,2,9-15H2,1H3. The maximum atomic E-state index is 10.7. The van der Waals surface area contributed by atoms with Crippen LogP contribution in [0.3, 0.4) is 0 Å². The van der Waals surface area contributed by atoms with Gasteiger partial charge in [0.05, 0.1) is 11.3 Å². The number of fused-ring (bicyclic) bond motifs is 2. The third-order valence-electron chi connectivity index (χ3n) is 6.61. The van der Waals surface area contributed by atoms with E-state index in [1.807, 2.05) is 42.5 Å². The Balaban J connectivity index is 1.35. The number of benzene rings is 2. The van der Waals surface area contributed by atoms with E-state index in [1.54, 1.807) is 0 Å². The van der Waals surface area contributed by atoms with Crippen LogP contribution in [0.5, 0.6) is 5.88 Å². The molecule has 172 valence electrons. The Morgan fingerprint density at radius 2 is 2.03 bits per heavy atom. The van der Waals surface area contributed by atoms with E-state index in [1.165, 1.54) is 38.9 Å². The molecule has 7 heteroatoms. The summed E-state index contributed by atoms with van der Waals surface area (Å²) in [6, 6.07) is 13.8. The highest BCUT2D eigenvalue weighted by Gasteiger charge is 2.29. The highest BCUT2D eigenvalue weighted by atomic mass is 79.9. The lowest BCUT2D eigenvalue weighted by Gasteiger charge is -2.31. The number of rotatable bonds is 7. The number of piperidine rings is 1. The fourth-order valence-electron chi connectivity index (χ4n) is 4.87. The predicted molar refractivity (Wildman–Crippen MR) is 137 cm³/mol. The number of aromatic hydroxyl groups is 1. The van der Waals surface area contributed by atoms with Crippen molar-refractivity contribution in [3.8, 4) is 5.88 Å². The molecule has 1 fully saturated rings. The van der Waals surface area contributed by atoms with Gasteiger partial charge in [-0.2, -0.15) is 0 Å². The van der Waals surface area contributed by atoms with Crippen molar-refractivity contribution in [1.29, 1.82) is 0 Å². The number of aromatic amines is 1. The molecule has 1 aromatic heterocycles. The van der Waals surface area contributed by atoms with Gasteiger partial charge in [0.25, 0.3) is 0 Å². The molecule has 0 bridgehead atoms. The quantitative estimate of drug-likeness (QED) is 0.303. The molecule has 33 heavy (non-hydrogen) atoms. The third kappa shape index (κ3) is 4.57. The lowest BCUT2D eigenvalue weighted by molar-refractivity contribution is 0.108. The molecule has 2 aliphatic rings. The SMILES string of the molecule is CCCN1CCC(CCON=C2C(c3c(O)[nH]c4ccc(Br)cc34)=Nc3ccccc32)CC1.